The molecule has 2 atom stereocenters. The molecule has 7 nitrogen and oxygen atoms in total. The van der Waals surface area contributed by atoms with Gasteiger partial charge in [0.25, 0.3) is 5.91 Å². The molecule has 0 spiro atoms. The summed E-state index contributed by atoms with van der Waals surface area (Å²) in [6, 6.07) is 1.45. The maximum Gasteiger partial charge on any atom is 0.317 e. The first-order valence-electron chi connectivity index (χ1n) is 6.95. The van der Waals surface area contributed by atoms with Crippen LogP contribution in [0.15, 0.2) is 23.0 Å². The molecule has 7 heteroatoms. The standard InChI is InChI=1S/C14H22N4O3/c1-15-14(20)18-7-11(6-17(2)3)12(8-18)16-13(19)10-4-5-21-9-10/h4-5,9,11-12H,6-8H2,1-3H3,(H,15,20)(H,16,19)/t11-,12-/m1/s1. The van der Waals surface area contributed by atoms with E-state index in [2.05, 4.69) is 15.5 Å². The smallest absolute Gasteiger partial charge is 0.317 e. The molecule has 3 amide bonds. The lowest BCUT2D eigenvalue weighted by atomic mass is 10.0. The summed E-state index contributed by atoms with van der Waals surface area (Å²) in [5, 5.41) is 5.63. The SMILES string of the molecule is CNC(=O)N1C[C@@H](CN(C)C)[C@H](NC(=O)c2ccoc2)C1. The van der Waals surface area contributed by atoms with E-state index in [9.17, 15) is 9.59 Å². The van der Waals surface area contributed by atoms with E-state index in [0.717, 1.165) is 6.54 Å². The molecule has 1 fully saturated rings. The first kappa shape index (κ1) is 15.4. The zero-order chi connectivity index (χ0) is 15.4. The maximum absolute atomic E-state index is 12.1. The quantitative estimate of drug-likeness (QED) is 0.832. The minimum Gasteiger partial charge on any atom is -0.472 e. The number of nitrogens with one attached hydrogen (secondary N) is 2. The predicted molar refractivity (Wildman–Crippen MR) is 78.0 cm³/mol. The van der Waals surface area contributed by atoms with Crippen molar-refractivity contribution in [2.75, 3.05) is 40.8 Å². The largest absolute Gasteiger partial charge is 0.472 e. The third kappa shape index (κ3) is 3.75. The Morgan fingerprint density at radius 2 is 2.19 bits per heavy atom. The Balaban J connectivity index is 2.03. The predicted octanol–water partition coefficient (Wildman–Crippen LogP) is 0.211. The van der Waals surface area contributed by atoms with Crippen molar-refractivity contribution in [1.29, 1.82) is 0 Å². The number of nitrogens with zero attached hydrogens (tertiary/aromatic N) is 2. The fourth-order valence-electron chi connectivity index (χ4n) is 2.66. The zero-order valence-electron chi connectivity index (χ0n) is 12.6. The van der Waals surface area contributed by atoms with E-state index in [1.807, 2.05) is 14.1 Å². The van der Waals surface area contributed by atoms with Crippen LogP contribution < -0.4 is 10.6 Å². The molecule has 1 aromatic heterocycles. The van der Waals surface area contributed by atoms with Crippen LogP contribution in [0.1, 0.15) is 10.4 Å². The van der Waals surface area contributed by atoms with E-state index in [4.69, 9.17) is 4.42 Å². The lowest BCUT2D eigenvalue weighted by Crippen LogP contribution is -2.43. The summed E-state index contributed by atoms with van der Waals surface area (Å²) in [7, 11) is 5.58. The van der Waals surface area contributed by atoms with Gasteiger partial charge in [0.1, 0.15) is 6.26 Å². The fourth-order valence-corrected chi connectivity index (χ4v) is 2.66. The number of hydrogen-bond acceptors (Lipinski definition) is 4. The zero-order valence-corrected chi connectivity index (χ0v) is 12.6. The summed E-state index contributed by atoms with van der Waals surface area (Å²) >= 11 is 0. The van der Waals surface area contributed by atoms with Gasteiger partial charge in [-0.3, -0.25) is 4.79 Å². The van der Waals surface area contributed by atoms with Crippen molar-refractivity contribution in [1.82, 2.24) is 20.4 Å². The highest BCUT2D eigenvalue weighted by Crippen LogP contribution is 2.18. The van der Waals surface area contributed by atoms with E-state index in [1.54, 1.807) is 18.0 Å². The van der Waals surface area contributed by atoms with Crippen molar-refractivity contribution in [2.45, 2.75) is 6.04 Å². The minimum atomic E-state index is -0.170. The first-order chi connectivity index (χ1) is 10.0. The van der Waals surface area contributed by atoms with Crippen LogP contribution in [0, 0.1) is 5.92 Å². The van der Waals surface area contributed by atoms with E-state index < -0.39 is 0 Å². The summed E-state index contributed by atoms with van der Waals surface area (Å²) in [6.07, 6.45) is 2.89. The van der Waals surface area contributed by atoms with Gasteiger partial charge in [-0.2, -0.15) is 0 Å². The number of furan rings is 1. The second kappa shape index (κ2) is 6.62. The molecule has 0 aromatic carbocycles. The van der Waals surface area contributed by atoms with Gasteiger partial charge >= 0.3 is 6.03 Å². The van der Waals surface area contributed by atoms with Crippen molar-refractivity contribution in [3.63, 3.8) is 0 Å². The maximum atomic E-state index is 12.1. The number of amides is 3. The molecule has 1 aromatic rings. The molecule has 0 saturated carbocycles. The molecule has 1 aliphatic heterocycles. The van der Waals surface area contributed by atoms with Crippen molar-refractivity contribution in [3.8, 4) is 0 Å². The van der Waals surface area contributed by atoms with E-state index in [-0.39, 0.29) is 23.9 Å². The highest BCUT2D eigenvalue weighted by atomic mass is 16.3. The number of carbonyl (C=O) groups excluding carboxylic acids is 2. The summed E-state index contributed by atoms with van der Waals surface area (Å²) < 4.78 is 4.92. The van der Waals surface area contributed by atoms with Crippen molar-refractivity contribution in [3.05, 3.63) is 24.2 Å². The molecular formula is C14H22N4O3. The Bertz CT molecular complexity index is 486. The second-order valence-electron chi connectivity index (χ2n) is 5.57. The average molecular weight is 294 g/mol. The van der Waals surface area contributed by atoms with Crippen LogP contribution >= 0.6 is 0 Å². The third-order valence-corrected chi connectivity index (χ3v) is 3.64. The second-order valence-corrected chi connectivity index (χ2v) is 5.57. The summed E-state index contributed by atoms with van der Waals surface area (Å²) in [4.78, 5) is 27.7. The Morgan fingerprint density at radius 1 is 1.43 bits per heavy atom. The molecule has 0 radical (unpaired) electrons. The summed E-state index contributed by atoms with van der Waals surface area (Å²) in [5.41, 5.74) is 0.497. The number of likely N-dealkylation sites (tertiary alicyclic amines) is 1. The van der Waals surface area contributed by atoms with Crippen molar-refractivity contribution in [2.24, 2.45) is 5.92 Å². The number of urea groups is 1. The number of hydrogen-bond donors (Lipinski definition) is 2. The van der Waals surface area contributed by atoms with Crippen LogP contribution in [0.25, 0.3) is 0 Å². The Labute approximate surface area is 124 Å². The van der Waals surface area contributed by atoms with Crippen LogP contribution in [0.2, 0.25) is 0 Å². The van der Waals surface area contributed by atoms with Gasteiger partial charge in [-0.15, -0.1) is 0 Å². The van der Waals surface area contributed by atoms with Gasteiger partial charge < -0.3 is 24.9 Å². The van der Waals surface area contributed by atoms with E-state index in [0.29, 0.717) is 18.7 Å². The molecule has 21 heavy (non-hydrogen) atoms. The molecule has 1 aliphatic rings. The molecular weight excluding hydrogens is 272 g/mol. The van der Waals surface area contributed by atoms with Crippen LogP contribution in [-0.4, -0.2) is 68.6 Å². The van der Waals surface area contributed by atoms with Crippen molar-refractivity contribution >= 4 is 11.9 Å². The lowest BCUT2D eigenvalue weighted by Gasteiger charge is -2.22. The van der Waals surface area contributed by atoms with Gasteiger partial charge in [0.2, 0.25) is 0 Å². The highest BCUT2D eigenvalue weighted by Gasteiger charge is 2.36. The molecule has 0 aliphatic carbocycles. The fraction of sp³-hybridized carbons (Fsp3) is 0.571. The molecule has 2 rings (SSSR count). The van der Waals surface area contributed by atoms with E-state index in [1.165, 1.54) is 12.5 Å². The monoisotopic (exact) mass is 294 g/mol. The Hall–Kier alpha value is -2.02. The van der Waals surface area contributed by atoms with Gasteiger partial charge in [0, 0.05) is 32.6 Å². The molecule has 0 unspecified atom stereocenters. The Kier molecular flexibility index (Phi) is 4.85. The Morgan fingerprint density at radius 3 is 2.76 bits per heavy atom. The van der Waals surface area contributed by atoms with Gasteiger partial charge in [-0.05, 0) is 20.2 Å². The van der Waals surface area contributed by atoms with Gasteiger partial charge in [0.05, 0.1) is 17.9 Å². The first-order valence-corrected chi connectivity index (χ1v) is 6.95. The van der Waals surface area contributed by atoms with Crippen LogP contribution in [0.4, 0.5) is 4.79 Å². The van der Waals surface area contributed by atoms with Gasteiger partial charge in [-0.1, -0.05) is 0 Å². The van der Waals surface area contributed by atoms with Crippen LogP contribution in [0.3, 0.4) is 0 Å². The third-order valence-electron chi connectivity index (χ3n) is 3.64. The summed E-state index contributed by atoms with van der Waals surface area (Å²) in [6.45, 7) is 1.96. The van der Waals surface area contributed by atoms with Gasteiger partial charge in [0.15, 0.2) is 0 Å². The van der Waals surface area contributed by atoms with Crippen molar-refractivity contribution < 1.29 is 14.0 Å². The number of carbonyl (C=O) groups is 2. The molecule has 2 N–H and O–H groups in total. The van der Waals surface area contributed by atoms with E-state index >= 15 is 0 Å². The highest BCUT2D eigenvalue weighted by molar-refractivity contribution is 5.94. The normalized spacial score (nSPS) is 21.6. The minimum absolute atomic E-state index is 0.0629. The van der Waals surface area contributed by atoms with Crippen LogP contribution in [-0.2, 0) is 0 Å². The molecule has 1 saturated heterocycles. The molecule has 2 heterocycles. The summed E-state index contributed by atoms with van der Waals surface area (Å²) in [5.74, 6) is 0.0319. The average Bonchev–Trinajstić information content (AvgIpc) is 3.07. The number of rotatable bonds is 4. The van der Waals surface area contributed by atoms with Crippen LogP contribution in [0.5, 0.6) is 0 Å². The topological polar surface area (TPSA) is 77.8 Å². The molecule has 0 bridgehead atoms. The lowest BCUT2D eigenvalue weighted by molar-refractivity contribution is 0.0926. The van der Waals surface area contributed by atoms with Gasteiger partial charge in [-0.25, -0.2) is 4.79 Å². The molecule has 116 valence electrons.